The number of aromatic nitrogens is 6. The van der Waals surface area contributed by atoms with Crippen molar-refractivity contribution in [3.63, 3.8) is 0 Å². The lowest BCUT2D eigenvalue weighted by Crippen LogP contribution is -2.24. The summed E-state index contributed by atoms with van der Waals surface area (Å²) in [4.78, 5) is 25.5. The zero-order valence-electron chi connectivity index (χ0n) is 17.9. The number of carbonyl (C=O) groups is 2. The van der Waals surface area contributed by atoms with E-state index in [0.29, 0.717) is 11.4 Å². The fourth-order valence-electron chi connectivity index (χ4n) is 3.43. The van der Waals surface area contributed by atoms with Crippen molar-refractivity contribution in [1.82, 2.24) is 29.3 Å². The Balaban J connectivity index is 1.54. The molecule has 1 aliphatic carbocycles. The molecule has 14 heteroatoms. The summed E-state index contributed by atoms with van der Waals surface area (Å²) < 4.78 is 43.7. The third kappa shape index (κ3) is 4.51. The first-order valence-electron chi connectivity index (χ1n) is 9.92. The van der Waals surface area contributed by atoms with Gasteiger partial charge in [-0.05, 0) is 35.7 Å². The van der Waals surface area contributed by atoms with E-state index in [0.717, 1.165) is 23.2 Å². The second kappa shape index (κ2) is 8.32. The maximum absolute atomic E-state index is 13.3. The van der Waals surface area contributed by atoms with Crippen molar-refractivity contribution in [2.45, 2.75) is 38.4 Å². The average molecular weight is 529 g/mol. The van der Waals surface area contributed by atoms with E-state index >= 15 is 0 Å². The Morgan fingerprint density at radius 2 is 1.76 bits per heavy atom. The molecule has 3 aromatic heterocycles. The highest BCUT2D eigenvalue weighted by molar-refractivity contribution is 9.10. The quantitative estimate of drug-likeness (QED) is 0.510. The van der Waals surface area contributed by atoms with E-state index in [1.54, 1.807) is 18.7 Å². The number of rotatable bonds is 6. The van der Waals surface area contributed by atoms with Crippen molar-refractivity contribution in [2.75, 3.05) is 10.6 Å². The number of aryl methyl sites for hydroxylation is 2. The van der Waals surface area contributed by atoms with Crippen molar-refractivity contribution in [3.05, 3.63) is 39.6 Å². The van der Waals surface area contributed by atoms with Gasteiger partial charge in [-0.1, -0.05) is 0 Å². The number of nitrogens with one attached hydrogen (secondary N) is 2. The Labute approximate surface area is 194 Å². The van der Waals surface area contributed by atoms with Crippen molar-refractivity contribution in [3.8, 4) is 0 Å². The maximum Gasteiger partial charge on any atom is 0.436 e. The van der Waals surface area contributed by atoms with E-state index in [9.17, 15) is 22.8 Å². The summed E-state index contributed by atoms with van der Waals surface area (Å²) in [6, 6.07) is 0. The molecule has 0 spiro atoms. The second-order valence-electron chi connectivity index (χ2n) is 7.78. The Morgan fingerprint density at radius 1 is 1.12 bits per heavy atom. The van der Waals surface area contributed by atoms with Crippen LogP contribution in [0.15, 0.2) is 16.9 Å². The number of carbonyl (C=O) groups excluding carboxylic acids is 2. The fourth-order valence-corrected chi connectivity index (χ4v) is 4.26. The highest BCUT2D eigenvalue weighted by Gasteiger charge is 2.42. The normalized spacial score (nSPS) is 13.9. The summed E-state index contributed by atoms with van der Waals surface area (Å²) in [5, 5.41) is 17.0. The van der Waals surface area contributed by atoms with Gasteiger partial charge in [0.05, 0.1) is 39.6 Å². The van der Waals surface area contributed by atoms with E-state index in [4.69, 9.17) is 0 Å². The minimum Gasteiger partial charge on any atom is -0.321 e. The third-order valence-corrected chi connectivity index (χ3v) is 6.15. The molecule has 0 atom stereocenters. The molecule has 2 N–H and O–H groups in total. The highest BCUT2D eigenvalue weighted by atomic mass is 79.9. The van der Waals surface area contributed by atoms with Crippen molar-refractivity contribution >= 4 is 39.1 Å². The Bertz CT molecular complexity index is 1240. The van der Waals surface area contributed by atoms with E-state index < -0.39 is 30.2 Å². The van der Waals surface area contributed by atoms with Crippen LogP contribution in [0.3, 0.4) is 0 Å². The first kappa shape index (κ1) is 23.0. The maximum atomic E-state index is 13.3. The first-order chi connectivity index (χ1) is 15.5. The topological polar surface area (TPSA) is 112 Å². The molecule has 1 saturated carbocycles. The molecule has 0 aromatic carbocycles. The average Bonchev–Trinajstić information content (AvgIpc) is 3.31. The van der Waals surface area contributed by atoms with Crippen LogP contribution in [0.5, 0.6) is 0 Å². The van der Waals surface area contributed by atoms with E-state index in [1.807, 2.05) is 0 Å². The highest BCUT2D eigenvalue weighted by Crippen LogP contribution is 2.47. The largest absolute Gasteiger partial charge is 0.436 e. The predicted molar refractivity (Wildman–Crippen MR) is 115 cm³/mol. The molecule has 33 heavy (non-hydrogen) atoms. The second-order valence-corrected chi connectivity index (χ2v) is 8.57. The smallest absolute Gasteiger partial charge is 0.321 e. The van der Waals surface area contributed by atoms with Gasteiger partial charge in [-0.2, -0.15) is 28.5 Å². The number of alkyl halides is 3. The van der Waals surface area contributed by atoms with Crippen LogP contribution in [0.4, 0.5) is 24.5 Å². The van der Waals surface area contributed by atoms with Gasteiger partial charge in [-0.3, -0.25) is 23.6 Å². The summed E-state index contributed by atoms with van der Waals surface area (Å²) in [6.07, 6.45) is -0.406. The van der Waals surface area contributed by atoms with Gasteiger partial charge in [0.25, 0.3) is 5.91 Å². The minimum atomic E-state index is -4.65. The number of nitrogens with zero attached hydrogens (tertiary/aromatic N) is 6. The summed E-state index contributed by atoms with van der Waals surface area (Å²) in [5.74, 6) is -1.25. The number of hydrogen-bond donors (Lipinski definition) is 2. The minimum absolute atomic E-state index is 0.0756. The van der Waals surface area contributed by atoms with Crippen molar-refractivity contribution < 1.29 is 22.8 Å². The molecular weight excluding hydrogens is 509 g/mol. The molecule has 176 valence electrons. The van der Waals surface area contributed by atoms with Gasteiger partial charge in [-0.25, -0.2) is 0 Å². The number of anilines is 2. The van der Waals surface area contributed by atoms with Gasteiger partial charge in [0, 0.05) is 20.0 Å². The van der Waals surface area contributed by atoms with Crippen LogP contribution < -0.4 is 10.6 Å². The summed E-state index contributed by atoms with van der Waals surface area (Å²) >= 11 is 3.00. The molecule has 4 rings (SSSR count). The lowest BCUT2D eigenvalue weighted by molar-refractivity contribution is -0.142. The van der Waals surface area contributed by atoms with Crippen molar-refractivity contribution in [2.24, 2.45) is 14.1 Å². The summed E-state index contributed by atoms with van der Waals surface area (Å²) in [7, 11) is 3.26. The van der Waals surface area contributed by atoms with Gasteiger partial charge in [0.1, 0.15) is 12.2 Å². The molecule has 3 heterocycles. The molecule has 0 bridgehead atoms. The lowest BCUT2D eigenvalue weighted by atomic mass is 10.2. The summed E-state index contributed by atoms with van der Waals surface area (Å²) in [6.45, 7) is 1.33. The number of hydrogen-bond acceptors (Lipinski definition) is 5. The zero-order chi connectivity index (χ0) is 24.1. The van der Waals surface area contributed by atoms with E-state index in [1.165, 1.54) is 24.1 Å². The van der Waals surface area contributed by atoms with Crippen LogP contribution in [0.1, 0.15) is 46.3 Å². The molecule has 3 aromatic rings. The Hall–Kier alpha value is -3.16. The van der Waals surface area contributed by atoms with Gasteiger partial charge < -0.3 is 10.6 Å². The van der Waals surface area contributed by atoms with Crippen LogP contribution in [-0.2, 0) is 31.6 Å². The van der Waals surface area contributed by atoms with Gasteiger partial charge in [0.2, 0.25) is 5.91 Å². The Morgan fingerprint density at radius 3 is 2.33 bits per heavy atom. The van der Waals surface area contributed by atoms with Crippen LogP contribution in [0.2, 0.25) is 0 Å². The van der Waals surface area contributed by atoms with Gasteiger partial charge in [-0.15, -0.1) is 0 Å². The van der Waals surface area contributed by atoms with Crippen LogP contribution in [0, 0.1) is 6.92 Å². The first-order valence-corrected chi connectivity index (χ1v) is 10.7. The molecule has 0 aliphatic heterocycles. The number of amides is 2. The standard InChI is InChI=1S/C19H20BrF3N8O2/c1-9-11(6-24-29(9)2)27-18(33)16-12(7-25-30(16)3)26-13(32)8-31-15(10-4-5-10)14(20)17(28-31)19(21,22)23/h6-7,10H,4-5,8H2,1-3H3,(H,26,32)(H,27,33). The Kier molecular flexibility index (Phi) is 5.80. The zero-order valence-corrected chi connectivity index (χ0v) is 19.5. The van der Waals surface area contributed by atoms with E-state index in [2.05, 4.69) is 41.9 Å². The SMILES string of the molecule is Cc1c(NC(=O)c2c(NC(=O)Cn3nc(C(F)(F)F)c(Br)c3C3CC3)cnn2C)cnn1C. The number of halogens is 4. The monoisotopic (exact) mass is 528 g/mol. The summed E-state index contributed by atoms with van der Waals surface area (Å²) in [5.41, 5.74) is 0.701. The van der Waals surface area contributed by atoms with E-state index in [-0.39, 0.29) is 21.8 Å². The molecule has 0 radical (unpaired) electrons. The van der Waals surface area contributed by atoms with Crippen LogP contribution in [0.25, 0.3) is 0 Å². The molecule has 10 nitrogen and oxygen atoms in total. The van der Waals surface area contributed by atoms with Crippen LogP contribution in [-0.4, -0.2) is 41.2 Å². The molecule has 2 amide bonds. The van der Waals surface area contributed by atoms with Gasteiger partial charge >= 0.3 is 6.18 Å². The third-order valence-electron chi connectivity index (χ3n) is 5.37. The molecule has 1 aliphatic rings. The van der Waals surface area contributed by atoms with Crippen molar-refractivity contribution in [1.29, 1.82) is 0 Å². The molecule has 0 saturated heterocycles. The fraction of sp³-hybridized carbons (Fsp3) is 0.421. The molecule has 0 unspecified atom stereocenters. The van der Waals surface area contributed by atoms with Crippen LogP contribution >= 0.6 is 15.9 Å². The van der Waals surface area contributed by atoms with Gasteiger partial charge in [0.15, 0.2) is 5.69 Å². The molecule has 1 fully saturated rings. The predicted octanol–water partition coefficient (Wildman–Crippen LogP) is 3.21. The lowest BCUT2D eigenvalue weighted by Gasteiger charge is -2.10. The molecular formula is C19H20BrF3N8O2.